The fraction of sp³-hybridized carbons (Fsp3) is 0.133. The van der Waals surface area contributed by atoms with Gasteiger partial charge in [-0.1, -0.05) is 12.1 Å². The average Bonchev–Trinajstić information content (AvgIpc) is 2.53. The van der Waals surface area contributed by atoms with Crippen molar-refractivity contribution in [2.24, 2.45) is 0 Å². The predicted octanol–water partition coefficient (Wildman–Crippen LogP) is 1.70. The van der Waals surface area contributed by atoms with Crippen LogP contribution >= 0.6 is 0 Å². The quantitative estimate of drug-likeness (QED) is 0.803. The van der Waals surface area contributed by atoms with Gasteiger partial charge < -0.3 is 14.1 Å². The molecule has 0 radical (unpaired) electrons. The number of methoxy groups -OCH3 is 1. The van der Waals surface area contributed by atoms with Crippen LogP contribution in [0.2, 0.25) is 0 Å². The van der Waals surface area contributed by atoms with E-state index in [1.807, 2.05) is 0 Å². The van der Waals surface area contributed by atoms with E-state index in [0.29, 0.717) is 5.69 Å². The molecule has 2 aromatic rings. The fourth-order valence-corrected chi connectivity index (χ4v) is 1.83. The Morgan fingerprint density at radius 3 is 2.48 bits per heavy atom. The van der Waals surface area contributed by atoms with Crippen LogP contribution in [0.3, 0.4) is 0 Å². The van der Waals surface area contributed by atoms with E-state index < -0.39 is 17.5 Å². The molecular formula is C15H13NO5. The van der Waals surface area contributed by atoms with Gasteiger partial charge in [0.2, 0.25) is 0 Å². The lowest BCUT2D eigenvalue weighted by atomic mass is 10.1. The number of esters is 1. The average molecular weight is 287 g/mol. The molecule has 0 aliphatic rings. The van der Waals surface area contributed by atoms with Gasteiger partial charge in [-0.05, 0) is 18.2 Å². The second kappa shape index (κ2) is 6.04. The van der Waals surface area contributed by atoms with Gasteiger partial charge in [-0.2, -0.15) is 0 Å². The van der Waals surface area contributed by atoms with Crippen molar-refractivity contribution in [1.29, 1.82) is 0 Å². The summed E-state index contributed by atoms with van der Waals surface area (Å²) >= 11 is 0. The smallest absolute Gasteiger partial charge is 0.339 e. The molecule has 0 spiro atoms. The van der Waals surface area contributed by atoms with E-state index in [2.05, 4.69) is 4.42 Å². The first-order valence-corrected chi connectivity index (χ1v) is 6.09. The first kappa shape index (κ1) is 14.5. The first-order chi connectivity index (χ1) is 10.0. The molecule has 0 aliphatic carbocycles. The maximum absolute atomic E-state index is 12.3. The Balaban J connectivity index is 2.38. The summed E-state index contributed by atoms with van der Waals surface area (Å²) in [6.45, 7) is 0. The van der Waals surface area contributed by atoms with Crippen LogP contribution < -0.4 is 10.5 Å². The van der Waals surface area contributed by atoms with Crippen LogP contribution in [0, 0.1) is 0 Å². The van der Waals surface area contributed by atoms with E-state index in [-0.39, 0.29) is 11.1 Å². The van der Waals surface area contributed by atoms with Gasteiger partial charge in [-0.15, -0.1) is 0 Å². The highest BCUT2D eigenvalue weighted by atomic mass is 16.5. The Labute approximate surface area is 120 Å². The van der Waals surface area contributed by atoms with Crippen molar-refractivity contribution < 1.29 is 18.7 Å². The van der Waals surface area contributed by atoms with Gasteiger partial charge in [0.1, 0.15) is 6.26 Å². The minimum absolute atomic E-state index is 0.205. The van der Waals surface area contributed by atoms with Gasteiger partial charge in [0.25, 0.3) is 5.91 Å². The molecule has 0 N–H and O–H groups in total. The summed E-state index contributed by atoms with van der Waals surface area (Å²) in [6.07, 6.45) is 1.09. The summed E-state index contributed by atoms with van der Waals surface area (Å²) in [5, 5.41) is 0. The lowest BCUT2D eigenvalue weighted by Crippen LogP contribution is -2.28. The second-order valence-corrected chi connectivity index (χ2v) is 4.22. The summed E-state index contributed by atoms with van der Waals surface area (Å²) in [4.78, 5) is 36.3. The summed E-state index contributed by atoms with van der Waals surface area (Å²) in [7, 11) is 2.79. The third-order valence-corrected chi connectivity index (χ3v) is 2.92. The number of amides is 1. The van der Waals surface area contributed by atoms with Crippen LogP contribution in [0.5, 0.6) is 0 Å². The number of para-hydroxylation sites is 1. The molecule has 0 aliphatic heterocycles. The molecule has 1 heterocycles. The zero-order valence-corrected chi connectivity index (χ0v) is 11.5. The molecule has 0 bridgehead atoms. The monoisotopic (exact) mass is 287 g/mol. The maximum atomic E-state index is 12.3. The topological polar surface area (TPSA) is 76.8 Å². The van der Waals surface area contributed by atoms with E-state index in [4.69, 9.17) is 4.74 Å². The first-order valence-electron chi connectivity index (χ1n) is 6.09. The van der Waals surface area contributed by atoms with Crippen molar-refractivity contribution in [2.45, 2.75) is 0 Å². The Morgan fingerprint density at radius 1 is 1.14 bits per heavy atom. The predicted molar refractivity (Wildman–Crippen MR) is 75.5 cm³/mol. The van der Waals surface area contributed by atoms with Crippen LogP contribution in [0.25, 0.3) is 0 Å². The molecule has 0 atom stereocenters. The molecule has 6 nitrogen and oxygen atoms in total. The third-order valence-electron chi connectivity index (χ3n) is 2.92. The third kappa shape index (κ3) is 3.00. The maximum Gasteiger partial charge on any atom is 0.339 e. The zero-order valence-electron chi connectivity index (χ0n) is 11.5. The summed E-state index contributed by atoms with van der Waals surface area (Å²) in [5.41, 5.74) is 0.342. The van der Waals surface area contributed by atoms with Crippen molar-refractivity contribution >= 4 is 17.6 Å². The van der Waals surface area contributed by atoms with Gasteiger partial charge >= 0.3 is 11.6 Å². The lowest BCUT2D eigenvalue weighted by Gasteiger charge is -2.19. The molecule has 0 saturated heterocycles. The molecular weight excluding hydrogens is 274 g/mol. The SMILES string of the molecule is COC(=O)c1ccccc1N(C)C(=O)c1ccc(=O)oc1. The number of carbonyl (C=O) groups is 2. The second-order valence-electron chi connectivity index (χ2n) is 4.22. The van der Waals surface area contributed by atoms with Crippen molar-refractivity contribution in [3.63, 3.8) is 0 Å². The molecule has 6 heteroatoms. The minimum atomic E-state index is -0.538. The van der Waals surface area contributed by atoms with Crippen LogP contribution in [-0.4, -0.2) is 26.0 Å². The normalized spacial score (nSPS) is 10.0. The summed E-state index contributed by atoms with van der Waals surface area (Å²) in [5.74, 6) is -0.944. The number of ether oxygens (including phenoxy) is 1. The Morgan fingerprint density at radius 2 is 1.86 bits per heavy atom. The molecule has 21 heavy (non-hydrogen) atoms. The van der Waals surface area contributed by atoms with Gasteiger partial charge in [0, 0.05) is 13.1 Å². The van der Waals surface area contributed by atoms with E-state index in [1.165, 1.54) is 25.1 Å². The number of benzene rings is 1. The number of rotatable bonds is 3. The van der Waals surface area contributed by atoms with Crippen LogP contribution in [-0.2, 0) is 4.74 Å². The molecule has 1 amide bonds. The van der Waals surface area contributed by atoms with Gasteiger partial charge in [0.15, 0.2) is 0 Å². The highest BCUT2D eigenvalue weighted by Crippen LogP contribution is 2.21. The number of nitrogens with zero attached hydrogens (tertiary/aromatic N) is 1. The Hall–Kier alpha value is -2.89. The van der Waals surface area contributed by atoms with Crippen LogP contribution in [0.1, 0.15) is 20.7 Å². The molecule has 0 saturated carbocycles. The van der Waals surface area contributed by atoms with Crippen LogP contribution in [0.4, 0.5) is 5.69 Å². The molecule has 1 aromatic carbocycles. The van der Waals surface area contributed by atoms with Crippen LogP contribution in [0.15, 0.2) is 51.9 Å². The standard InChI is InChI=1S/C15H13NO5/c1-16(14(18)10-7-8-13(17)21-9-10)12-6-4-3-5-11(12)15(19)20-2/h3-9H,1-2H3. The molecule has 2 rings (SSSR count). The minimum Gasteiger partial charge on any atom is -0.465 e. The molecule has 1 aromatic heterocycles. The molecule has 0 unspecified atom stereocenters. The molecule has 0 fully saturated rings. The Kier molecular flexibility index (Phi) is 4.18. The van der Waals surface area contributed by atoms with Crippen molar-refractivity contribution in [3.05, 3.63) is 64.2 Å². The number of carbonyl (C=O) groups excluding carboxylic acids is 2. The van der Waals surface area contributed by atoms with Crippen molar-refractivity contribution in [1.82, 2.24) is 0 Å². The van der Waals surface area contributed by atoms with E-state index >= 15 is 0 Å². The fourth-order valence-electron chi connectivity index (χ4n) is 1.83. The lowest BCUT2D eigenvalue weighted by molar-refractivity contribution is 0.0601. The summed E-state index contributed by atoms with van der Waals surface area (Å²) < 4.78 is 9.36. The Bertz CT molecular complexity index is 714. The largest absolute Gasteiger partial charge is 0.465 e. The molecule has 108 valence electrons. The van der Waals surface area contributed by atoms with E-state index in [0.717, 1.165) is 12.3 Å². The van der Waals surface area contributed by atoms with Gasteiger partial charge in [-0.3, -0.25) is 4.79 Å². The van der Waals surface area contributed by atoms with Gasteiger partial charge in [0.05, 0.1) is 23.9 Å². The number of hydrogen-bond acceptors (Lipinski definition) is 5. The van der Waals surface area contributed by atoms with Crippen molar-refractivity contribution in [3.8, 4) is 0 Å². The van der Waals surface area contributed by atoms with E-state index in [9.17, 15) is 14.4 Å². The van der Waals surface area contributed by atoms with Crippen molar-refractivity contribution in [2.75, 3.05) is 19.1 Å². The summed E-state index contributed by atoms with van der Waals surface area (Å²) in [6, 6.07) is 9.10. The zero-order chi connectivity index (χ0) is 15.4. The highest BCUT2D eigenvalue weighted by Gasteiger charge is 2.20. The number of hydrogen-bond donors (Lipinski definition) is 0. The number of anilines is 1. The highest BCUT2D eigenvalue weighted by molar-refractivity contribution is 6.09. The van der Waals surface area contributed by atoms with Gasteiger partial charge in [-0.25, -0.2) is 9.59 Å². The van der Waals surface area contributed by atoms with E-state index in [1.54, 1.807) is 24.3 Å².